The fraction of sp³-hybridized carbons (Fsp3) is 0. The molecule has 0 spiro atoms. The van der Waals surface area contributed by atoms with E-state index in [-0.39, 0.29) is 0 Å². The van der Waals surface area contributed by atoms with Crippen molar-refractivity contribution in [2.24, 2.45) is 0 Å². The van der Waals surface area contributed by atoms with Crippen LogP contribution in [0.25, 0.3) is 0 Å². The molecule has 0 N–H and O–H groups in total. The van der Waals surface area contributed by atoms with Gasteiger partial charge < -0.3 is 0 Å². The molecule has 0 amide bonds. The maximum Gasteiger partial charge on any atom is 0.262 e. The maximum absolute atomic E-state index is 10.5. The zero-order chi connectivity index (χ0) is 7.72. The van der Waals surface area contributed by atoms with Crippen LogP contribution in [0.1, 0.15) is 9.67 Å². The molecule has 0 aliphatic heterocycles. The standard InChI is InChI=1S/C5HBr2ClOS/c6-2-1-3(5(8)9)10-4(2)7/h1H. The number of carbonyl (C=O) groups is 1. The molecule has 0 saturated heterocycles. The van der Waals surface area contributed by atoms with Crippen LogP contribution in [-0.2, 0) is 0 Å². The Balaban J connectivity index is 3.10. The smallest absolute Gasteiger partial charge is 0.262 e. The molecule has 1 rings (SSSR count). The van der Waals surface area contributed by atoms with Gasteiger partial charge in [0, 0.05) is 4.47 Å². The van der Waals surface area contributed by atoms with Crippen molar-refractivity contribution >= 4 is 60.0 Å². The molecular formula is C5HBr2ClOS. The second-order valence-electron chi connectivity index (χ2n) is 1.51. The minimum atomic E-state index is -0.420. The van der Waals surface area contributed by atoms with Crippen LogP contribution in [0.3, 0.4) is 0 Å². The van der Waals surface area contributed by atoms with Gasteiger partial charge in [-0.05, 0) is 49.5 Å². The van der Waals surface area contributed by atoms with Crippen molar-refractivity contribution < 1.29 is 4.79 Å². The second-order valence-corrected chi connectivity index (χ2v) is 5.07. The third-order valence-corrected chi connectivity index (χ3v) is 4.41. The summed E-state index contributed by atoms with van der Waals surface area (Å²) in [6.45, 7) is 0. The molecular weight excluding hydrogens is 303 g/mol. The summed E-state index contributed by atoms with van der Waals surface area (Å²) in [5.74, 6) is 0. The van der Waals surface area contributed by atoms with Crippen LogP contribution < -0.4 is 0 Å². The fourth-order valence-corrected chi connectivity index (χ4v) is 2.48. The minimum absolute atomic E-state index is 0.420. The van der Waals surface area contributed by atoms with Crippen molar-refractivity contribution in [2.45, 2.75) is 0 Å². The molecule has 1 aromatic rings. The van der Waals surface area contributed by atoms with E-state index in [1.165, 1.54) is 11.3 Å². The highest BCUT2D eigenvalue weighted by Crippen LogP contribution is 2.32. The highest BCUT2D eigenvalue weighted by Gasteiger charge is 2.08. The topological polar surface area (TPSA) is 17.1 Å². The summed E-state index contributed by atoms with van der Waals surface area (Å²) in [4.78, 5) is 11.1. The first-order valence-corrected chi connectivity index (χ1v) is 5.04. The van der Waals surface area contributed by atoms with Crippen molar-refractivity contribution in [3.8, 4) is 0 Å². The van der Waals surface area contributed by atoms with Crippen molar-refractivity contribution in [3.05, 3.63) is 19.2 Å². The van der Waals surface area contributed by atoms with Crippen LogP contribution in [0, 0.1) is 0 Å². The molecule has 1 aromatic heterocycles. The van der Waals surface area contributed by atoms with Gasteiger partial charge in [0.15, 0.2) is 0 Å². The molecule has 5 heteroatoms. The Morgan fingerprint density at radius 1 is 1.60 bits per heavy atom. The van der Waals surface area contributed by atoms with Gasteiger partial charge in [-0.3, -0.25) is 4.79 Å². The molecule has 0 fully saturated rings. The minimum Gasteiger partial charge on any atom is -0.275 e. The van der Waals surface area contributed by atoms with E-state index in [2.05, 4.69) is 31.9 Å². The van der Waals surface area contributed by atoms with Crippen molar-refractivity contribution in [3.63, 3.8) is 0 Å². The predicted molar refractivity (Wildman–Crippen MR) is 49.9 cm³/mol. The molecule has 0 aromatic carbocycles. The van der Waals surface area contributed by atoms with Gasteiger partial charge in [-0.25, -0.2) is 0 Å². The Morgan fingerprint density at radius 3 is 2.40 bits per heavy atom. The van der Waals surface area contributed by atoms with E-state index in [1.54, 1.807) is 6.07 Å². The lowest BCUT2D eigenvalue weighted by atomic mass is 10.5. The Hall–Kier alpha value is 0.620. The average Bonchev–Trinajstić information content (AvgIpc) is 2.13. The molecule has 0 aliphatic rings. The maximum atomic E-state index is 10.5. The van der Waals surface area contributed by atoms with Crippen LogP contribution in [-0.4, -0.2) is 5.24 Å². The third kappa shape index (κ3) is 1.81. The summed E-state index contributed by atoms with van der Waals surface area (Å²) < 4.78 is 1.75. The van der Waals surface area contributed by atoms with Gasteiger partial charge in [0.05, 0.1) is 8.66 Å². The lowest BCUT2D eigenvalue weighted by molar-refractivity contribution is 0.108. The molecule has 10 heavy (non-hydrogen) atoms. The molecule has 0 bridgehead atoms. The number of rotatable bonds is 1. The number of hydrogen-bond acceptors (Lipinski definition) is 2. The van der Waals surface area contributed by atoms with Gasteiger partial charge in [-0.1, -0.05) is 0 Å². The molecule has 54 valence electrons. The van der Waals surface area contributed by atoms with Crippen molar-refractivity contribution in [1.29, 1.82) is 0 Å². The van der Waals surface area contributed by atoms with Gasteiger partial charge in [0.25, 0.3) is 5.24 Å². The lowest BCUT2D eigenvalue weighted by Gasteiger charge is -1.77. The Kier molecular flexibility index (Phi) is 2.91. The summed E-state index contributed by atoms with van der Waals surface area (Å²) in [6.07, 6.45) is 0. The normalized spacial score (nSPS) is 9.90. The number of halogens is 3. The number of thiophene rings is 1. The summed E-state index contributed by atoms with van der Waals surface area (Å²) in [5.41, 5.74) is 0. The van der Waals surface area contributed by atoms with E-state index in [4.69, 9.17) is 11.6 Å². The molecule has 0 atom stereocenters. The van der Waals surface area contributed by atoms with E-state index in [0.717, 1.165) is 8.26 Å². The second kappa shape index (κ2) is 3.34. The average molecular weight is 304 g/mol. The third-order valence-electron chi connectivity index (χ3n) is 0.839. The van der Waals surface area contributed by atoms with Crippen molar-refractivity contribution in [2.75, 3.05) is 0 Å². The number of carbonyl (C=O) groups excluding carboxylic acids is 1. The Bertz CT molecular complexity index is 251. The van der Waals surface area contributed by atoms with Crippen molar-refractivity contribution in [1.82, 2.24) is 0 Å². The van der Waals surface area contributed by atoms with E-state index >= 15 is 0 Å². The first-order chi connectivity index (χ1) is 4.61. The first-order valence-electron chi connectivity index (χ1n) is 2.26. The van der Waals surface area contributed by atoms with Gasteiger partial charge in [0.2, 0.25) is 0 Å². The Morgan fingerprint density at radius 2 is 2.20 bits per heavy atom. The summed E-state index contributed by atoms with van der Waals surface area (Å²) in [7, 11) is 0. The molecule has 0 radical (unpaired) electrons. The van der Waals surface area contributed by atoms with Crippen LogP contribution in [0.5, 0.6) is 0 Å². The van der Waals surface area contributed by atoms with E-state index in [1.807, 2.05) is 0 Å². The number of hydrogen-bond donors (Lipinski definition) is 0. The first kappa shape index (κ1) is 8.71. The molecule has 1 nitrogen and oxygen atoms in total. The summed E-state index contributed by atoms with van der Waals surface area (Å²) in [6, 6.07) is 1.68. The van der Waals surface area contributed by atoms with E-state index < -0.39 is 5.24 Å². The quantitative estimate of drug-likeness (QED) is 0.724. The predicted octanol–water partition coefficient (Wildman–Crippen LogP) is 3.65. The highest BCUT2D eigenvalue weighted by molar-refractivity contribution is 9.13. The van der Waals surface area contributed by atoms with Crippen LogP contribution in [0.2, 0.25) is 0 Å². The van der Waals surface area contributed by atoms with E-state index in [9.17, 15) is 4.79 Å². The molecule has 0 saturated carbocycles. The van der Waals surface area contributed by atoms with Gasteiger partial charge in [-0.2, -0.15) is 0 Å². The zero-order valence-corrected chi connectivity index (χ0v) is 9.27. The van der Waals surface area contributed by atoms with Gasteiger partial charge in [-0.15, -0.1) is 11.3 Å². The summed E-state index contributed by atoms with van der Waals surface area (Å²) >= 11 is 13.0. The van der Waals surface area contributed by atoms with Crippen LogP contribution in [0.15, 0.2) is 14.3 Å². The van der Waals surface area contributed by atoms with E-state index in [0.29, 0.717) is 4.88 Å². The monoisotopic (exact) mass is 302 g/mol. The lowest BCUT2D eigenvalue weighted by Crippen LogP contribution is -1.78. The van der Waals surface area contributed by atoms with Gasteiger partial charge >= 0.3 is 0 Å². The molecule has 0 unspecified atom stereocenters. The zero-order valence-electron chi connectivity index (χ0n) is 4.53. The van der Waals surface area contributed by atoms with Crippen LogP contribution >= 0.6 is 54.8 Å². The Labute approximate surface area is 83.6 Å². The molecule has 1 heterocycles. The highest BCUT2D eigenvalue weighted by atomic mass is 79.9. The van der Waals surface area contributed by atoms with Gasteiger partial charge in [0.1, 0.15) is 0 Å². The molecule has 0 aliphatic carbocycles. The van der Waals surface area contributed by atoms with Crippen LogP contribution in [0.4, 0.5) is 0 Å². The SMILES string of the molecule is O=C(Cl)c1cc(Br)c(Br)s1. The summed E-state index contributed by atoms with van der Waals surface area (Å²) in [5, 5.41) is -0.420. The fourth-order valence-electron chi connectivity index (χ4n) is 0.443. The largest absolute Gasteiger partial charge is 0.275 e.